The molecule has 0 saturated carbocycles. The van der Waals surface area contributed by atoms with Crippen LogP contribution in [0.3, 0.4) is 0 Å². The maximum absolute atomic E-state index is 12.9. The van der Waals surface area contributed by atoms with Crippen LogP contribution >= 0.6 is 11.3 Å². The molecule has 0 spiro atoms. The number of sulfonamides is 1. The summed E-state index contributed by atoms with van der Waals surface area (Å²) in [5.74, 6) is -0.162. The van der Waals surface area contributed by atoms with Gasteiger partial charge in [-0.3, -0.25) is 4.79 Å². The molecule has 2 aromatic heterocycles. The van der Waals surface area contributed by atoms with Crippen molar-refractivity contribution in [1.82, 2.24) is 18.8 Å². The monoisotopic (exact) mass is 448 g/mol. The van der Waals surface area contributed by atoms with Crippen LogP contribution in [-0.2, 0) is 21.3 Å². The summed E-state index contributed by atoms with van der Waals surface area (Å²) in [4.78, 5) is 19.2. The maximum Gasteiger partial charge on any atom is 0.273 e. The summed E-state index contributed by atoms with van der Waals surface area (Å²) in [5.41, 5.74) is 2.45. The fraction of sp³-hybridized carbons (Fsp3) is 0.400. The second kappa shape index (κ2) is 8.46. The van der Waals surface area contributed by atoms with E-state index in [-0.39, 0.29) is 5.91 Å². The molecule has 0 aliphatic carbocycles. The Balaban J connectivity index is 1.57. The molecular formula is C20H24N4O4S2. The smallest absolute Gasteiger partial charge is 0.273 e. The molecular weight excluding hydrogens is 424 g/mol. The summed E-state index contributed by atoms with van der Waals surface area (Å²) in [6.45, 7) is 2.63. The average Bonchev–Trinajstić information content (AvgIpc) is 3.36. The zero-order chi connectivity index (χ0) is 21.3. The number of para-hydroxylation sites is 1. The second-order valence-corrected chi connectivity index (χ2v) is 10.1. The van der Waals surface area contributed by atoms with Gasteiger partial charge in [0.05, 0.1) is 18.6 Å². The molecule has 8 nitrogen and oxygen atoms in total. The molecule has 10 heteroatoms. The Kier molecular flexibility index (Phi) is 5.92. The number of carbonyl (C=O) groups excluding carboxylic acids is 1. The number of amides is 1. The van der Waals surface area contributed by atoms with Gasteiger partial charge in [0, 0.05) is 56.1 Å². The van der Waals surface area contributed by atoms with Crippen LogP contribution in [0, 0.1) is 0 Å². The van der Waals surface area contributed by atoms with Crippen molar-refractivity contribution in [2.45, 2.75) is 6.54 Å². The third kappa shape index (κ3) is 4.13. The average molecular weight is 449 g/mol. The molecule has 0 unspecified atom stereocenters. The van der Waals surface area contributed by atoms with E-state index in [2.05, 4.69) is 27.8 Å². The summed E-state index contributed by atoms with van der Waals surface area (Å²) in [6.07, 6.45) is 1.19. The lowest BCUT2D eigenvalue weighted by molar-refractivity contribution is 0.0693. The Hall–Kier alpha value is -2.27. The maximum atomic E-state index is 12.9. The predicted octanol–water partition coefficient (Wildman–Crippen LogP) is 2.13. The van der Waals surface area contributed by atoms with Gasteiger partial charge in [-0.1, -0.05) is 18.2 Å². The molecule has 0 radical (unpaired) electrons. The molecule has 1 fully saturated rings. The van der Waals surface area contributed by atoms with E-state index in [9.17, 15) is 13.2 Å². The summed E-state index contributed by atoms with van der Waals surface area (Å²) in [7, 11) is -1.55. The number of hydrogen-bond acceptors (Lipinski definition) is 6. The van der Waals surface area contributed by atoms with Crippen LogP contribution < -0.4 is 0 Å². The summed E-state index contributed by atoms with van der Waals surface area (Å²) >= 11 is 1.44. The number of carbonyl (C=O) groups is 1. The third-order valence-corrected chi connectivity index (χ3v) is 7.43. The van der Waals surface area contributed by atoms with E-state index in [1.807, 2.05) is 12.1 Å². The van der Waals surface area contributed by atoms with Crippen LogP contribution in [0.25, 0.3) is 21.6 Å². The summed E-state index contributed by atoms with van der Waals surface area (Å²) < 4.78 is 32.2. The second-order valence-electron chi connectivity index (χ2n) is 7.22. The summed E-state index contributed by atoms with van der Waals surface area (Å²) in [5, 5.41) is 3.67. The molecule has 30 heavy (non-hydrogen) atoms. The van der Waals surface area contributed by atoms with Crippen molar-refractivity contribution in [3.05, 3.63) is 41.4 Å². The Morgan fingerprint density at radius 3 is 2.63 bits per heavy atom. The highest BCUT2D eigenvalue weighted by molar-refractivity contribution is 7.88. The molecule has 1 aromatic carbocycles. The molecule has 1 saturated heterocycles. The highest BCUT2D eigenvalue weighted by atomic mass is 32.2. The minimum Gasteiger partial charge on any atom is -0.383 e. The van der Waals surface area contributed by atoms with Crippen LogP contribution in [-0.4, -0.2) is 79.2 Å². The van der Waals surface area contributed by atoms with E-state index in [1.54, 1.807) is 17.4 Å². The van der Waals surface area contributed by atoms with Crippen molar-refractivity contribution in [3.63, 3.8) is 0 Å². The van der Waals surface area contributed by atoms with Crippen LogP contribution in [0.1, 0.15) is 10.5 Å². The van der Waals surface area contributed by atoms with E-state index >= 15 is 0 Å². The van der Waals surface area contributed by atoms with Gasteiger partial charge < -0.3 is 14.2 Å². The van der Waals surface area contributed by atoms with Crippen molar-refractivity contribution in [2.24, 2.45) is 0 Å². The first-order chi connectivity index (χ1) is 14.4. The van der Waals surface area contributed by atoms with Crippen LogP contribution in [0.5, 0.6) is 0 Å². The molecule has 0 atom stereocenters. The molecule has 0 N–H and O–H groups in total. The number of rotatable bonds is 6. The Morgan fingerprint density at radius 2 is 1.93 bits per heavy atom. The van der Waals surface area contributed by atoms with Gasteiger partial charge in [-0.2, -0.15) is 4.31 Å². The molecule has 1 amide bonds. The SMILES string of the molecule is COCCn1c(-c2nc(C(=O)N3CCN(S(C)(=O)=O)CC3)cs2)cc2ccccc21. The number of aromatic nitrogens is 2. The Labute approximate surface area is 179 Å². The zero-order valence-electron chi connectivity index (χ0n) is 16.9. The molecule has 3 heterocycles. The highest BCUT2D eigenvalue weighted by Crippen LogP contribution is 2.31. The number of methoxy groups -OCH3 is 1. The lowest BCUT2D eigenvalue weighted by Crippen LogP contribution is -2.50. The van der Waals surface area contributed by atoms with E-state index in [0.717, 1.165) is 21.6 Å². The van der Waals surface area contributed by atoms with Crippen LogP contribution in [0.4, 0.5) is 0 Å². The van der Waals surface area contributed by atoms with Gasteiger partial charge in [0.25, 0.3) is 5.91 Å². The van der Waals surface area contributed by atoms with Gasteiger partial charge in [0.15, 0.2) is 0 Å². The number of ether oxygens (including phenoxy) is 1. The quantitative estimate of drug-likeness (QED) is 0.577. The van der Waals surface area contributed by atoms with E-state index < -0.39 is 10.0 Å². The normalized spacial score (nSPS) is 15.7. The molecule has 3 aromatic rings. The lowest BCUT2D eigenvalue weighted by atomic mass is 10.2. The van der Waals surface area contributed by atoms with E-state index in [0.29, 0.717) is 45.0 Å². The van der Waals surface area contributed by atoms with Crippen LogP contribution in [0.15, 0.2) is 35.7 Å². The van der Waals surface area contributed by atoms with Gasteiger partial charge in [0.2, 0.25) is 10.0 Å². The zero-order valence-corrected chi connectivity index (χ0v) is 18.6. The fourth-order valence-electron chi connectivity index (χ4n) is 3.69. The molecule has 1 aliphatic rings. The van der Waals surface area contributed by atoms with E-state index in [1.165, 1.54) is 21.9 Å². The van der Waals surface area contributed by atoms with Crippen molar-refractivity contribution in [1.29, 1.82) is 0 Å². The van der Waals surface area contributed by atoms with Crippen molar-refractivity contribution in [3.8, 4) is 10.7 Å². The van der Waals surface area contributed by atoms with Gasteiger partial charge in [-0.05, 0) is 12.1 Å². The summed E-state index contributed by atoms with van der Waals surface area (Å²) in [6, 6.07) is 10.2. The minimum atomic E-state index is -3.23. The number of benzene rings is 1. The minimum absolute atomic E-state index is 0.162. The Bertz CT molecular complexity index is 1160. The third-order valence-electron chi connectivity index (χ3n) is 5.27. The number of thiazole rings is 1. The number of hydrogen-bond donors (Lipinski definition) is 0. The van der Waals surface area contributed by atoms with Crippen molar-refractivity contribution < 1.29 is 17.9 Å². The number of fused-ring (bicyclic) bond motifs is 1. The van der Waals surface area contributed by atoms with Crippen molar-refractivity contribution in [2.75, 3.05) is 46.2 Å². The molecule has 1 aliphatic heterocycles. The topological polar surface area (TPSA) is 84.7 Å². The van der Waals surface area contributed by atoms with E-state index in [4.69, 9.17) is 4.74 Å². The first-order valence-corrected chi connectivity index (χ1v) is 12.4. The Morgan fingerprint density at radius 1 is 1.20 bits per heavy atom. The van der Waals surface area contributed by atoms with Gasteiger partial charge in [-0.15, -0.1) is 11.3 Å². The largest absolute Gasteiger partial charge is 0.383 e. The number of piperazine rings is 1. The van der Waals surface area contributed by atoms with Gasteiger partial charge >= 0.3 is 0 Å². The first-order valence-electron chi connectivity index (χ1n) is 9.66. The van der Waals surface area contributed by atoms with Crippen molar-refractivity contribution >= 4 is 38.2 Å². The fourth-order valence-corrected chi connectivity index (χ4v) is 5.33. The predicted molar refractivity (Wildman–Crippen MR) is 117 cm³/mol. The lowest BCUT2D eigenvalue weighted by Gasteiger charge is -2.32. The number of nitrogens with zero attached hydrogens (tertiary/aromatic N) is 4. The first kappa shape index (κ1) is 21.0. The molecule has 4 rings (SSSR count). The van der Waals surface area contributed by atoms with Gasteiger partial charge in [-0.25, -0.2) is 13.4 Å². The highest BCUT2D eigenvalue weighted by Gasteiger charge is 2.28. The van der Waals surface area contributed by atoms with Crippen LogP contribution in [0.2, 0.25) is 0 Å². The molecule has 160 valence electrons. The molecule has 0 bridgehead atoms. The van der Waals surface area contributed by atoms with Gasteiger partial charge in [0.1, 0.15) is 10.7 Å². The standard InChI is InChI=1S/C20H24N4O4S2/c1-28-12-11-24-17-6-4-3-5-15(17)13-18(24)19-21-16(14-29-19)20(25)22-7-9-23(10-8-22)30(2,26)27/h3-6,13-14H,7-12H2,1-2H3.